The molecule has 86 valence electrons. The Labute approximate surface area is 90.2 Å². The molecule has 1 saturated heterocycles. The second-order valence-electron chi connectivity index (χ2n) is 3.92. The van der Waals surface area contributed by atoms with Gasteiger partial charge in [-0.3, -0.25) is 0 Å². The van der Waals surface area contributed by atoms with Crippen molar-refractivity contribution in [2.45, 2.75) is 39.1 Å². The zero-order valence-corrected chi connectivity index (χ0v) is 9.54. The largest absolute Gasteiger partial charge is 0.459 e. The zero-order valence-electron chi connectivity index (χ0n) is 9.54. The molecule has 2 unspecified atom stereocenters. The predicted molar refractivity (Wildman–Crippen MR) is 55.3 cm³/mol. The van der Waals surface area contributed by atoms with E-state index in [4.69, 9.17) is 14.2 Å². The lowest BCUT2D eigenvalue weighted by Gasteiger charge is -2.20. The zero-order chi connectivity index (χ0) is 11.5. The van der Waals surface area contributed by atoms with Gasteiger partial charge >= 0.3 is 5.97 Å². The average Bonchev–Trinajstić information content (AvgIpc) is 2.57. The Morgan fingerprint density at radius 1 is 1.67 bits per heavy atom. The van der Waals surface area contributed by atoms with Crippen molar-refractivity contribution in [1.82, 2.24) is 0 Å². The first-order valence-corrected chi connectivity index (χ1v) is 5.11. The van der Waals surface area contributed by atoms with Gasteiger partial charge in [0.1, 0.15) is 12.7 Å². The van der Waals surface area contributed by atoms with Crippen LogP contribution in [-0.4, -0.2) is 31.1 Å². The molecule has 4 heteroatoms. The van der Waals surface area contributed by atoms with E-state index >= 15 is 0 Å². The van der Waals surface area contributed by atoms with Crippen LogP contribution in [0.25, 0.3) is 0 Å². The van der Waals surface area contributed by atoms with E-state index in [9.17, 15) is 4.79 Å². The highest BCUT2D eigenvalue weighted by atomic mass is 16.7. The Morgan fingerprint density at radius 3 is 2.80 bits per heavy atom. The summed E-state index contributed by atoms with van der Waals surface area (Å²) in [6.45, 7) is 9.67. The van der Waals surface area contributed by atoms with Gasteiger partial charge in [0.05, 0.1) is 6.61 Å². The van der Waals surface area contributed by atoms with E-state index in [-0.39, 0.29) is 18.7 Å². The molecule has 0 aliphatic carbocycles. The fraction of sp³-hybridized carbons (Fsp3) is 0.727. The number of carbonyl (C=O) groups excluding carboxylic acids is 1. The lowest BCUT2D eigenvalue weighted by atomic mass is 10.2. The normalized spacial score (nSPS) is 30.2. The highest BCUT2D eigenvalue weighted by Gasteiger charge is 2.36. The van der Waals surface area contributed by atoms with E-state index in [0.717, 1.165) is 6.42 Å². The molecule has 0 aromatic carbocycles. The van der Waals surface area contributed by atoms with Gasteiger partial charge in [-0.25, -0.2) is 4.79 Å². The topological polar surface area (TPSA) is 44.8 Å². The Morgan fingerprint density at radius 2 is 2.33 bits per heavy atom. The first-order chi connectivity index (χ1) is 6.97. The van der Waals surface area contributed by atoms with Gasteiger partial charge in [-0.1, -0.05) is 13.5 Å². The fourth-order valence-corrected chi connectivity index (χ4v) is 1.25. The number of rotatable bonds is 4. The molecule has 0 aromatic heterocycles. The van der Waals surface area contributed by atoms with Gasteiger partial charge in [-0.15, -0.1) is 0 Å². The molecule has 1 heterocycles. The quantitative estimate of drug-likeness (QED) is 0.527. The molecule has 0 amide bonds. The third-order valence-corrected chi connectivity index (χ3v) is 2.38. The minimum atomic E-state index is -0.527. The summed E-state index contributed by atoms with van der Waals surface area (Å²) in [7, 11) is 0. The monoisotopic (exact) mass is 214 g/mol. The van der Waals surface area contributed by atoms with Gasteiger partial charge in [-0.2, -0.15) is 0 Å². The molecular weight excluding hydrogens is 196 g/mol. The maximum Gasteiger partial charge on any atom is 0.333 e. The maximum atomic E-state index is 11.1. The molecule has 4 nitrogen and oxygen atoms in total. The summed E-state index contributed by atoms with van der Waals surface area (Å²) < 4.78 is 16.0. The maximum absolute atomic E-state index is 11.1. The van der Waals surface area contributed by atoms with E-state index in [0.29, 0.717) is 12.2 Å². The van der Waals surface area contributed by atoms with Crippen molar-refractivity contribution >= 4 is 5.97 Å². The summed E-state index contributed by atoms with van der Waals surface area (Å²) in [6, 6.07) is 0. The molecule has 1 fully saturated rings. The molecule has 15 heavy (non-hydrogen) atoms. The van der Waals surface area contributed by atoms with E-state index in [2.05, 4.69) is 6.58 Å². The van der Waals surface area contributed by atoms with Crippen LogP contribution in [-0.2, 0) is 19.0 Å². The average molecular weight is 214 g/mol. The van der Waals surface area contributed by atoms with Crippen molar-refractivity contribution in [2.24, 2.45) is 0 Å². The highest BCUT2D eigenvalue weighted by molar-refractivity contribution is 5.86. The predicted octanol–water partition coefficient (Wildman–Crippen LogP) is 1.65. The molecule has 0 saturated carbocycles. The van der Waals surface area contributed by atoms with Crippen LogP contribution in [0.3, 0.4) is 0 Å². The molecule has 1 rings (SSSR count). The van der Waals surface area contributed by atoms with Crippen LogP contribution in [0, 0.1) is 0 Å². The van der Waals surface area contributed by atoms with Gasteiger partial charge in [0.25, 0.3) is 0 Å². The lowest BCUT2D eigenvalue weighted by molar-refractivity contribution is -0.165. The first-order valence-electron chi connectivity index (χ1n) is 5.11. The minimum Gasteiger partial charge on any atom is -0.459 e. The standard InChI is InChI=1S/C11H18O4/c1-5-11(4)14-7-9(15-11)6-13-10(12)8(2)3/h9H,2,5-7H2,1,3-4H3. The fourth-order valence-electron chi connectivity index (χ4n) is 1.25. The van der Waals surface area contributed by atoms with Gasteiger partial charge in [0.2, 0.25) is 0 Å². The van der Waals surface area contributed by atoms with Crippen LogP contribution < -0.4 is 0 Å². The van der Waals surface area contributed by atoms with E-state index < -0.39 is 5.79 Å². The molecule has 2 atom stereocenters. The Kier molecular flexibility index (Phi) is 3.88. The van der Waals surface area contributed by atoms with Crippen LogP contribution >= 0.6 is 0 Å². The molecule has 0 spiro atoms. The van der Waals surface area contributed by atoms with Crippen LogP contribution in [0.5, 0.6) is 0 Å². The second kappa shape index (κ2) is 4.77. The molecule has 0 radical (unpaired) electrons. The first kappa shape index (κ1) is 12.2. The van der Waals surface area contributed by atoms with Crippen molar-refractivity contribution < 1.29 is 19.0 Å². The van der Waals surface area contributed by atoms with Gasteiger partial charge < -0.3 is 14.2 Å². The van der Waals surface area contributed by atoms with E-state index in [1.165, 1.54) is 0 Å². The van der Waals surface area contributed by atoms with Gasteiger partial charge in [0, 0.05) is 5.57 Å². The van der Waals surface area contributed by atoms with Crippen molar-refractivity contribution in [3.8, 4) is 0 Å². The number of hydrogen-bond acceptors (Lipinski definition) is 4. The third kappa shape index (κ3) is 3.32. The van der Waals surface area contributed by atoms with Crippen LogP contribution in [0.4, 0.5) is 0 Å². The van der Waals surface area contributed by atoms with Crippen molar-refractivity contribution in [3.05, 3.63) is 12.2 Å². The SMILES string of the molecule is C=C(C)C(=O)OCC1COC(C)(CC)O1. The number of hydrogen-bond donors (Lipinski definition) is 0. The summed E-state index contributed by atoms with van der Waals surface area (Å²) in [5.74, 6) is -0.913. The Balaban J connectivity index is 2.31. The minimum absolute atomic E-state index is 0.168. The van der Waals surface area contributed by atoms with Crippen LogP contribution in [0.15, 0.2) is 12.2 Å². The van der Waals surface area contributed by atoms with Crippen molar-refractivity contribution in [3.63, 3.8) is 0 Å². The van der Waals surface area contributed by atoms with Gasteiger partial charge in [-0.05, 0) is 20.3 Å². The molecule has 0 N–H and O–H groups in total. The highest BCUT2D eigenvalue weighted by Crippen LogP contribution is 2.26. The van der Waals surface area contributed by atoms with Crippen molar-refractivity contribution in [1.29, 1.82) is 0 Å². The van der Waals surface area contributed by atoms with Crippen LogP contribution in [0.1, 0.15) is 27.2 Å². The summed E-state index contributed by atoms with van der Waals surface area (Å²) >= 11 is 0. The van der Waals surface area contributed by atoms with Crippen molar-refractivity contribution in [2.75, 3.05) is 13.2 Å². The molecular formula is C11H18O4. The molecule has 0 aromatic rings. The summed E-state index contributed by atoms with van der Waals surface area (Å²) in [5.41, 5.74) is 0.396. The third-order valence-electron chi connectivity index (χ3n) is 2.38. The molecule has 0 bridgehead atoms. The molecule has 1 aliphatic heterocycles. The summed E-state index contributed by atoms with van der Waals surface area (Å²) in [4.78, 5) is 11.1. The summed E-state index contributed by atoms with van der Waals surface area (Å²) in [5, 5.41) is 0. The molecule has 1 aliphatic rings. The van der Waals surface area contributed by atoms with Gasteiger partial charge in [0.15, 0.2) is 5.79 Å². The van der Waals surface area contributed by atoms with E-state index in [1.807, 2.05) is 13.8 Å². The number of ether oxygens (including phenoxy) is 3. The second-order valence-corrected chi connectivity index (χ2v) is 3.92. The number of carbonyl (C=O) groups is 1. The van der Waals surface area contributed by atoms with E-state index in [1.54, 1.807) is 6.92 Å². The van der Waals surface area contributed by atoms with Crippen LogP contribution in [0.2, 0.25) is 0 Å². The Hall–Kier alpha value is -0.870. The Bertz CT molecular complexity index is 261. The lowest BCUT2D eigenvalue weighted by Crippen LogP contribution is -2.27. The number of esters is 1. The smallest absolute Gasteiger partial charge is 0.333 e. The summed E-state index contributed by atoms with van der Waals surface area (Å²) in [6.07, 6.45) is 0.607.